The normalized spacial score (nSPS) is 18.5. The van der Waals surface area contributed by atoms with Crippen LogP contribution in [0.2, 0.25) is 10.0 Å². The molecule has 1 aromatic heterocycles. The molecule has 0 amide bonds. The Hall–Kier alpha value is -3.25. The van der Waals surface area contributed by atoms with Gasteiger partial charge in [0.2, 0.25) is 0 Å². The van der Waals surface area contributed by atoms with Gasteiger partial charge in [0.25, 0.3) is 5.56 Å². The zero-order valence-corrected chi connectivity index (χ0v) is 22.0. The summed E-state index contributed by atoms with van der Waals surface area (Å²) in [6.45, 7) is 0. The van der Waals surface area contributed by atoms with E-state index in [1.165, 1.54) is 23.5 Å². The standard InChI is InChI=1S/C30H21Cl2FN2OS/c31-24-10-3-1-6-19(24)17-20-7-5-9-23-27(20)34-30-35(28(23)22-8-2-4-11-25(22)32)29(36)26(37-30)16-18-12-14-21(33)15-13-18/h1-4,6,8,10-17,28H,5,7,9H2/b20-17+,26-16+/t28-/m1/s1. The number of benzene rings is 3. The van der Waals surface area contributed by atoms with E-state index in [0.29, 0.717) is 19.4 Å². The van der Waals surface area contributed by atoms with Gasteiger partial charge in [-0.05, 0) is 83.5 Å². The van der Waals surface area contributed by atoms with E-state index in [-0.39, 0.29) is 17.4 Å². The molecular weight excluding hydrogens is 526 g/mol. The van der Waals surface area contributed by atoms with Gasteiger partial charge in [-0.1, -0.05) is 83.1 Å². The highest BCUT2D eigenvalue weighted by Gasteiger charge is 2.33. The second-order valence-electron chi connectivity index (χ2n) is 9.07. The van der Waals surface area contributed by atoms with Crippen LogP contribution in [0.5, 0.6) is 0 Å². The van der Waals surface area contributed by atoms with Crippen LogP contribution in [0.4, 0.5) is 4.39 Å². The Balaban J connectivity index is 1.60. The lowest BCUT2D eigenvalue weighted by Gasteiger charge is -2.31. The minimum Gasteiger partial charge on any atom is -0.272 e. The third-order valence-corrected chi connectivity index (χ3v) is 8.41. The fourth-order valence-electron chi connectivity index (χ4n) is 5.02. The third-order valence-electron chi connectivity index (χ3n) is 6.74. The fraction of sp³-hybridized carbons (Fsp3) is 0.133. The number of fused-ring (bicyclic) bond motifs is 1. The van der Waals surface area contributed by atoms with E-state index < -0.39 is 0 Å². The molecule has 0 unspecified atom stereocenters. The van der Waals surface area contributed by atoms with E-state index in [1.54, 1.807) is 22.8 Å². The van der Waals surface area contributed by atoms with Gasteiger partial charge >= 0.3 is 0 Å². The Morgan fingerprint density at radius 3 is 2.41 bits per heavy atom. The summed E-state index contributed by atoms with van der Waals surface area (Å²) < 4.78 is 15.7. The van der Waals surface area contributed by atoms with Gasteiger partial charge in [-0.3, -0.25) is 9.36 Å². The molecule has 0 saturated heterocycles. The molecule has 2 heterocycles. The van der Waals surface area contributed by atoms with Crippen molar-refractivity contribution in [3.8, 4) is 0 Å². The quantitative estimate of drug-likeness (QED) is 0.274. The molecule has 0 bridgehead atoms. The van der Waals surface area contributed by atoms with Crippen LogP contribution in [-0.2, 0) is 0 Å². The second-order valence-corrected chi connectivity index (χ2v) is 10.9. The van der Waals surface area contributed by atoms with Crippen LogP contribution >= 0.6 is 34.5 Å². The first-order valence-electron chi connectivity index (χ1n) is 12.0. The Bertz CT molecular complexity index is 1770. The molecule has 1 aliphatic carbocycles. The summed E-state index contributed by atoms with van der Waals surface area (Å²) in [6.07, 6.45) is 6.52. The molecule has 3 nitrogen and oxygen atoms in total. The van der Waals surface area contributed by atoms with E-state index in [0.717, 1.165) is 52.8 Å². The van der Waals surface area contributed by atoms with Gasteiger partial charge in [0, 0.05) is 10.0 Å². The topological polar surface area (TPSA) is 34.4 Å². The van der Waals surface area contributed by atoms with Gasteiger partial charge in [0.15, 0.2) is 4.80 Å². The zero-order chi connectivity index (χ0) is 25.5. The van der Waals surface area contributed by atoms with Gasteiger partial charge in [-0.2, -0.15) is 0 Å². The van der Waals surface area contributed by atoms with Crippen LogP contribution in [0, 0.1) is 5.82 Å². The molecule has 1 aliphatic heterocycles. The highest BCUT2D eigenvalue weighted by molar-refractivity contribution is 7.07. The van der Waals surface area contributed by atoms with Crippen molar-refractivity contribution in [2.75, 3.05) is 0 Å². The Morgan fingerprint density at radius 2 is 1.65 bits per heavy atom. The summed E-state index contributed by atoms with van der Waals surface area (Å²) in [6, 6.07) is 21.2. The van der Waals surface area contributed by atoms with Crippen molar-refractivity contribution in [2.45, 2.75) is 25.3 Å². The molecule has 0 spiro atoms. The van der Waals surface area contributed by atoms with Crippen LogP contribution < -0.4 is 14.9 Å². The summed E-state index contributed by atoms with van der Waals surface area (Å²) in [5.74, 6) is -0.317. The molecule has 0 N–H and O–H groups in total. The maximum Gasteiger partial charge on any atom is 0.271 e. The predicted molar refractivity (Wildman–Crippen MR) is 149 cm³/mol. The maximum atomic E-state index is 13.8. The highest BCUT2D eigenvalue weighted by Crippen LogP contribution is 2.42. The van der Waals surface area contributed by atoms with Crippen molar-refractivity contribution >= 4 is 46.7 Å². The van der Waals surface area contributed by atoms with Crippen molar-refractivity contribution in [1.29, 1.82) is 0 Å². The predicted octanol–water partition coefficient (Wildman–Crippen LogP) is 6.93. The van der Waals surface area contributed by atoms with Gasteiger partial charge in [-0.15, -0.1) is 0 Å². The number of halogens is 3. The Morgan fingerprint density at radius 1 is 0.919 bits per heavy atom. The number of rotatable bonds is 3. The van der Waals surface area contributed by atoms with E-state index in [2.05, 4.69) is 6.08 Å². The van der Waals surface area contributed by atoms with Crippen molar-refractivity contribution in [1.82, 2.24) is 4.57 Å². The van der Waals surface area contributed by atoms with Crippen molar-refractivity contribution in [3.63, 3.8) is 0 Å². The lowest BCUT2D eigenvalue weighted by molar-refractivity contribution is 0.553. The molecular formula is C30H21Cl2FN2OS. The zero-order valence-electron chi connectivity index (χ0n) is 19.6. The smallest absolute Gasteiger partial charge is 0.271 e. The van der Waals surface area contributed by atoms with E-state index >= 15 is 0 Å². The van der Waals surface area contributed by atoms with Crippen LogP contribution in [0.25, 0.3) is 12.2 Å². The molecule has 1 atom stereocenters. The molecule has 0 fully saturated rings. The molecule has 0 radical (unpaired) electrons. The third kappa shape index (κ3) is 4.52. The number of aromatic nitrogens is 1. The van der Waals surface area contributed by atoms with Gasteiger partial charge in [0.1, 0.15) is 5.82 Å². The molecule has 37 heavy (non-hydrogen) atoms. The van der Waals surface area contributed by atoms with Crippen LogP contribution in [-0.4, -0.2) is 4.57 Å². The lowest BCUT2D eigenvalue weighted by Crippen LogP contribution is -2.39. The number of nitrogens with zero attached hydrogens (tertiary/aromatic N) is 2. The largest absolute Gasteiger partial charge is 0.272 e. The second kappa shape index (κ2) is 9.90. The average molecular weight is 547 g/mol. The maximum absolute atomic E-state index is 13.8. The fourth-order valence-corrected chi connectivity index (χ4v) is 6.45. The van der Waals surface area contributed by atoms with Crippen molar-refractivity contribution in [2.24, 2.45) is 4.99 Å². The van der Waals surface area contributed by atoms with Crippen LogP contribution in [0.1, 0.15) is 42.0 Å². The van der Waals surface area contributed by atoms with Gasteiger partial charge in [0.05, 0.1) is 16.3 Å². The minimum atomic E-state index is -0.356. The first-order valence-corrected chi connectivity index (χ1v) is 13.6. The van der Waals surface area contributed by atoms with E-state index in [1.807, 2.05) is 48.5 Å². The van der Waals surface area contributed by atoms with Crippen LogP contribution in [0.15, 0.2) is 99.4 Å². The number of thiazole rings is 1. The minimum absolute atomic E-state index is 0.133. The number of hydrogen-bond acceptors (Lipinski definition) is 3. The van der Waals surface area contributed by atoms with Crippen molar-refractivity contribution < 1.29 is 4.39 Å². The molecule has 2 aliphatic rings. The number of hydrogen-bond donors (Lipinski definition) is 0. The Labute approximate surface area is 227 Å². The number of allylic oxidation sites excluding steroid dienone is 2. The monoisotopic (exact) mass is 546 g/mol. The first kappa shape index (κ1) is 24.1. The van der Waals surface area contributed by atoms with Crippen LogP contribution in [0.3, 0.4) is 0 Å². The molecule has 4 aromatic rings. The summed E-state index contributed by atoms with van der Waals surface area (Å²) in [4.78, 5) is 19.4. The lowest BCUT2D eigenvalue weighted by atomic mass is 9.84. The van der Waals surface area contributed by atoms with E-state index in [9.17, 15) is 9.18 Å². The summed E-state index contributed by atoms with van der Waals surface area (Å²) in [7, 11) is 0. The summed E-state index contributed by atoms with van der Waals surface area (Å²) in [5, 5.41) is 1.29. The molecule has 184 valence electrons. The average Bonchev–Trinajstić information content (AvgIpc) is 3.21. The Kier molecular flexibility index (Phi) is 6.45. The molecule has 0 saturated carbocycles. The van der Waals surface area contributed by atoms with E-state index in [4.69, 9.17) is 28.2 Å². The highest BCUT2D eigenvalue weighted by atomic mass is 35.5. The summed E-state index contributed by atoms with van der Waals surface area (Å²) in [5.41, 5.74) is 5.53. The SMILES string of the molecule is O=c1/c(=C\c2ccc(F)cc2)sc2n1[C@H](c1ccccc1Cl)C1=C(N=2)/C(=C/c2ccccc2Cl)CCC1. The molecule has 3 aromatic carbocycles. The van der Waals surface area contributed by atoms with Gasteiger partial charge in [-0.25, -0.2) is 9.38 Å². The van der Waals surface area contributed by atoms with Crippen molar-refractivity contribution in [3.05, 3.63) is 142 Å². The first-order chi connectivity index (χ1) is 18.0. The molecule has 6 rings (SSSR count). The summed E-state index contributed by atoms with van der Waals surface area (Å²) >= 11 is 14.5. The van der Waals surface area contributed by atoms with Gasteiger partial charge < -0.3 is 0 Å². The molecule has 7 heteroatoms.